The molecule has 0 spiro atoms. The van der Waals surface area contributed by atoms with Gasteiger partial charge in [0.25, 0.3) is 0 Å². The lowest BCUT2D eigenvalue weighted by Gasteiger charge is -2.34. The third-order valence-corrected chi connectivity index (χ3v) is 2.02. The lowest BCUT2D eigenvalue weighted by atomic mass is 10.3. The zero-order valence-corrected chi connectivity index (χ0v) is 7.35. The molecule has 0 amide bonds. The zero-order valence-electron chi connectivity index (χ0n) is 7.35. The van der Waals surface area contributed by atoms with E-state index in [1.807, 2.05) is 7.05 Å². The second-order valence-corrected chi connectivity index (χ2v) is 2.80. The molecule has 1 aliphatic rings. The first-order chi connectivity index (χ1) is 5.38. The number of hydrazine groups is 2. The molecule has 66 valence electrons. The Bertz CT molecular complexity index is 96.6. The summed E-state index contributed by atoms with van der Waals surface area (Å²) in [5, 5.41) is 5.44. The molecule has 1 atom stereocenters. The molecular formula is C7H18N4. The van der Waals surface area contributed by atoms with E-state index in [-0.39, 0.29) is 0 Å². The molecule has 1 fully saturated rings. The molecule has 1 heterocycles. The van der Waals surface area contributed by atoms with Gasteiger partial charge in [0.1, 0.15) is 0 Å². The van der Waals surface area contributed by atoms with Gasteiger partial charge in [-0.25, -0.2) is 10.4 Å². The Morgan fingerprint density at radius 2 is 2.45 bits per heavy atom. The summed E-state index contributed by atoms with van der Waals surface area (Å²) in [6.07, 6.45) is 2.78. The van der Waals surface area contributed by atoms with Crippen molar-refractivity contribution >= 4 is 0 Å². The number of nitrogens with one attached hydrogen (secondary N) is 3. The SMILES string of the molecule is CCC(NC)N1CCCNN1. The molecule has 0 aromatic carbocycles. The highest BCUT2D eigenvalue weighted by atomic mass is 15.7. The lowest BCUT2D eigenvalue weighted by Crippen LogP contribution is -2.59. The maximum atomic E-state index is 3.24. The molecule has 3 N–H and O–H groups in total. The van der Waals surface area contributed by atoms with Crippen molar-refractivity contribution in [1.29, 1.82) is 0 Å². The molecule has 1 unspecified atom stereocenters. The third kappa shape index (κ3) is 2.41. The fraction of sp³-hybridized carbons (Fsp3) is 1.00. The van der Waals surface area contributed by atoms with Crippen molar-refractivity contribution in [3.63, 3.8) is 0 Å². The van der Waals surface area contributed by atoms with Crippen molar-refractivity contribution < 1.29 is 0 Å². The van der Waals surface area contributed by atoms with Crippen LogP contribution in [0.25, 0.3) is 0 Å². The first-order valence-corrected chi connectivity index (χ1v) is 4.31. The average molecular weight is 158 g/mol. The van der Waals surface area contributed by atoms with Gasteiger partial charge >= 0.3 is 0 Å². The Labute approximate surface area is 68.3 Å². The van der Waals surface area contributed by atoms with E-state index in [4.69, 9.17) is 0 Å². The van der Waals surface area contributed by atoms with Crippen LogP contribution in [0.3, 0.4) is 0 Å². The first-order valence-electron chi connectivity index (χ1n) is 4.31. The van der Waals surface area contributed by atoms with Crippen molar-refractivity contribution in [2.75, 3.05) is 20.1 Å². The van der Waals surface area contributed by atoms with Crippen molar-refractivity contribution in [1.82, 2.24) is 21.3 Å². The van der Waals surface area contributed by atoms with Crippen LogP contribution in [-0.4, -0.2) is 31.3 Å². The maximum absolute atomic E-state index is 3.24. The number of nitrogens with zero attached hydrogens (tertiary/aromatic N) is 1. The summed E-state index contributed by atoms with van der Waals surface area (Å²) in [6, 6.07) is 0. The summed E-state index contributed by atoms with van der Waals surface area (Å²) < 4.78 is 0. The van der Waals surface area contributed by atoms with Crippen molar-refractivity contribution in [2.24, 2.45) is 0 Å². The van der Waals surface area contributed by atoms with Gasteiger partial charge in [0.05, 0.1) is 6.17 Å². The van der Waals surface area contributed by atoms with Gasteiger partial charge in [-0.15, -0.1) is 0 Å². The fourth-order valence-electron chi connectivity index (χ4n) is 1.37. The monoisotopic (exact) mass is 158 g/mol. The summed E-state index contributed by atoms with van der Waals surface area (Å²) in [6.45, 7) is 4.36. The Kier molecular flexibility index (Phi) is 3.79. The van der Waals surface area contributed by atoms with Crippen LogP contribution >= 0.6 is 0 Å². The van der Waals surface area contributed by atoms with Crippen LogP contribution in [0.15, 0.2) is 0 Å². The molecule has 11 heavy (non-hydrogen) atoms. The molecule has 0 bridgehead atoms. The second kappa shape index (κ2) is 4.66. The highest BCUT2D eigenvalue weighted by Gasteiger charge is 2.15. The molecule has 0 aromatic rings. The van der Waals surface area contributed by atoms with E-state index >= 15 is 0 Å². The number of hydrogen-bond acceptors (Lipinski definition) is 4. The van der Waals surface area contributed by atoms with E-state index in [1.165, 1.54) is 6.42 Å². The number of rotatable bonds is 3. The van der Waals surface area contributed by atoms with Gasteiger partial charge in [0.2, 0.25) is 0 Å². The molecule has 0 radical (unpaired) electrons. The summed E-state index contributed by atoms with van der Waals surface area (Å²) in [4.78, 5) is 0. The molecule has 0 aliphatic carbocycles. The van der Waals surface area contributed by atoms with Crippen LogP contribution in [0.5, 0.6) is 0 Å². The second-order valence-electron chi connectivity index (χ2n) is 2.80. The van der Waals surface area contributed by atoms with Gasteiger partial charge in [0, 0.05) is 13.1 Å². The fourth-order valence-corrected chi connectivity index (χ4v) is 1.37. The van der Waals surface area contributed by atoms with Crippen molar-refractivity contribution in [3.8, 4) is 0 Å². The Hall–Kier alpha value is -0.160. The van der Waals surface area contributed by atoms with E-state index in [0.717, 1.165) is 19.5 Å². The summed E-state index contributed by atoms with van der Waals surface area (Å²) in [5.74, 6) is 0. The van der Waals surface area contributed by atoms with Gasteiger partial charge in [-0.2, -0.15) is 5.53 Å². The molecule has 1 aliphatic heterocycles. The Balaban J connectivity index is 2.30. The minimum Gasteiger partial charge on any atom is -0.304 e. The first kappa shape index (κ1) is 8.93. The lowest BCUT2D eigenvalue weighted by molar-refractivity contribution is 0.0508. The minimum absolute atomic E-state index is 0.447. The normalized spacial score (nSPS) is 23.5. The van der Waals surface area contributed by atoms with Crippen molar-refractivity contribution in [3.05, 3.63) is 0 Å². The summed E-state index contributed by atoms with van der Waals surface area (Å²) >= 11 is 0. The maximum Gasteiger partial charge on any atom is 0.0741 e. The van der Waals surface area contributed by atoms with Gasteiger partial charge in [0.15, 0.2) is 0 Å². The molecule has 4 heteroatoms. The largest absolute Gasteiger partial charge is 0.304 e. The molecule has 4 nitrogen and oxygen atoms in total. The van der Waals surface area contributed by atoms with E-state index in [9.17, 15) is 0 Å². The topological polar surface area (TPSA) is 39.3 Å². The molecule has 1 rings (SSSR count). The molecule has 0 saturated carbocycles. The van der Waals surface area contributed by atoms with E-state index in [0.29, 0.717) is 6.17 Å². The van der Waals surface area contributed by atoms with Gasteiger partial charge < -0.3 is 5.32 Å². The van der Waals surface area contributed by atoms with E-state index < -0.39 is 0 Å². The Morgan fingerprint density at radius 1 is 1.64 bits per heavy atom. The minimum atomic E-state index is 0.447. The van der Waals surface area contributed by atoms with Gasteiger partial charge in [-0.3, -0.25) is 0 Å². The van der Waals surface area contributed by atoms with Gasteiger partial charge in [-0.1, -0.05) is 6.92 Å². The Morgan fingerprint density at radius 3 is 2.91 bits per heavy atom. The molecule has 0 aromatic heterocycles. The van der Waals surface area contributed by atoms with E-state index in [1.54, 1.807) is 0 Å². The van der Waals surface area contributed by atoms with Crippen molar-refractivity contribution in [2.45, 2.75) is 25.9 Å². The zero-order chi connectivity index (χ0) is 8.10. The molecule has 1 saturated heterocycles. The summed E-state index contributed by atoms with van der Waals surface area (Å²) in [7, 11) is 1.99. The third-order valence-electron chi connectivity index (χ3n) is 2.02. The summed E-state index contributed by atoms with van der Waals surface area (Å²) in [5.41, 5.74) is 6.26. The highest BCUT2D eigenvalue weighted by Crippen LogP contribution is 1.99. The number of hydrogen-bond donors (Lipinski definition) is 3. The molecular weight excluding hydrogens is 140 g/mol. The van der Waals surface area contributed by atoms with Crippen LogP contribution in [0.2, 0.25) is 0 Å². The standard InChI is InChI=1S/C7H18N4/c1-3-7(8-2)11-6-4-5-9-10-11/h7-10H,3-6H2,1-2H3. The predicted octanol–water partition coefficient (Wildman–Crippen LogP) is -0.343. The van der Waals surface area contributed by atoms with Gasteiger partial charge in [-0.05, 0) is 19.9 Å². The smallest absolute Gasteiger partial charge is 0.0741 e. The van der Waals surface area contributed by atoms with Crippen LogP contribution < -0.4 is 16.3 Å². The van der Waals surface area contributed by atoms with Crippen LogP contribution in [0.1, 0.15) is 19.8 Å². The quantitative estimate of drug-likeness (QED) is 0.525. The highest BCUT2D eigenvalue weighted by molar-refractivity contribution is 4.65. The van der Waals surface area contributed by atoms with Crippen LogP contribution in [-0.2, 0) is 0 Å². The average Bonchev–Trinajstić information content (AvgIpc) is 2.09. The van der Waals surface area contributed by atoms with Crippen LogP contribution in [0, 0.1) is 0 Å². The predicted molar refractivity (Wildman–Crippen MR) is 45.6 cm³/mol. The van der Waals surface area contributed by atoms with E-state index in [2.05, 4.69) is 28.2 Å². The van der Waals surface area contributed by atoms with Crippen LogP contribution in [0.4, 0.5) is 0 Å².